The van der Waals surface area contributed by atoms with Crippen molar-refractivity contribution in [3.05, 3.63) is 62.9 Å². The fourth-order valence-corrected chi connectivity index (χ4v) is 7.85. The zero-order valence-electron chi connectivity index (χ0n) is 26.7. The summed E-state index contributed by atoms with van der Waals surface area (Å²) in [6, 6.07) is 9.28. The largest absolute Gasteiger partial charge is 0.481 e. The average molecular weight is 601 g/mol. The normalized spacial score (nSPS) is 14.7. The molecule has 0 aliphatic heterocycles. The first-order chi connectivity index (χ1) is 18.5. The molecule has 2 unspecified atom stereocenters. The zero-order valence-corrected chi connectivity index (χ0v) is 29.6. The molecule has 2 rings (SSSR count). The Balaban J connectivity index is 2.42. The number of thiophene rings is 1. The third kappa shape index (κ3) is 10.7. The molecule has 0 spiro atoms. The molecule has 1 heterocycles. The van der Waals surface area contributed by atoms with Gasteiger partial charge >= 0.3 is 5.97 Å². The smallest absolute Gasteiger partial charge is 0.303 e. The van der Waals surface area contributed by atoms with E-state index in [1.807, 2.05) is 0 Å². The molecule has 0 aliphatic carbocycles. The van der Waals surface area contributed by atoms with E-state index in [9.17, 15) is 4.79 Å². The summed E-state index contributed by atoms with van der Waals surface area (Å²) in [4.78, 5) is 12.2. The van der Waals surface area contributed by atoms with E-state index in [2.05, 4.69) is 110 Å². The Bertz CT molecular complexity index is 1120. The lowest BCUT2D eigenvalue weighted by Crippen LogP contribution is -2.31. The van der Waals surface area contributed by atoms with E-state index in [1.54, 1.807) is 11.3 Å². The summed E-state index contributed by atoms with van der Waals surface area (Å²) in [5.74, 6) is -0.746. The maximum absolute atomic E-state index is 10.9. The molecule has 0 fully saturated rings. The van der Waals surface area contributed by atoms with Crippen molar-refractivity contribution >= 4 is 41.0 Å². The summed E-state index contributed by atoms with van der Waals surface area (Å²) in [7, 11) is -1.82. The van der Waals surface area contributed by atoms with Crippen LogP contribution in [0.25, 0.3) is 5.57 Å². The summed E-state index contributed by atoms with van der Waals surface area (Å²) in [5.41, 5.74) is 6.36. The van der Waals surface area contributed by atoms with E-state index in [1.165, 1.54) is 32.7 Å². The Hall–Kier alpha value is -1.52. The van der Waals surface area contributed by atoms with Crippen LogP contribution in [0.15, 0.2) is 35.7 Å². The number of aliphatic carboxylic acids is 1. The predicted octanol–water partition coefficient (Wildman–Crippen LogP) is 9.90. The third-order valence-corrected chi connectivity index (χ3v) is 9.27. The highest BCUT2D eigenvalue weighted by Crippen LogP contribution is 2.45. The molecule has 0 saturated carbocycles. The zero-order chi connectivity index (χ0) is 30.3. The topological polar surface area (TPSA) is 55.8 Å². The van der Waals surface area contributed by atoms with Crippen LogP contribution >= 0.6 is 11.3 Å². The van der Waals surface area contributed by atoms with Gasteiger partial charge in [0.1, 0.15) is 0 Å². The summed E-state index contributed by atoms with van der Waals surface area (Å²) in [5, 5.41) is 11.2. The molecule has 2 aromatic rings. The molecule has 0 aliphatic rings. The summed E-state index contributed by atoms with van der Waals surface area (Å²) in [6.07, 6.45) is 5.69. The van der Waals surface area contributed by atoms with Crippen LogP contribution in [0.3, 0.4) is 0 Å². The van der Waals surface area contributed by atoms with Crippen molar-refractivity contribution in [2.45, 2.75) is 119 Å². The molecule has 0 bridgehead atoms. The van der Waals surface area contributed by atoms with Gasteiger partial charge in [0.2, 0.25) is 18.1 Å². The molecule has 222 valence electrons. The maximum Gasteiger partial charge on any atom is 0.303 e. The number of hydrogen-bond donors (Lipinski definition) is 1. The molecule has 2 atom stereocenters. The second kappa shape index (κ2) is 15.1. The van der Waals surface area contributed by atoms with Crippen molar-refractivity contribution in [3.8, 4) is 0 Å². The first-order valence-corrected chi connectivity index (χ1v) is 20.3. The van der Waals surface area contributed by atoms with Crippen LogP contribution in [0.1, 0.15) is 107 Å². The van der Waals surface area contributed by atoms with Gasteiger partial charge in [-0.05, 0) is 102 Å². The van der Waals surface area contributed by atoms with Gasteiger partial charge in [-0.3, -0.25) is 4.79 Å². The molecule has 7 heteroatoms. The number of carbonyl (C=O) groups is 1. The molecular formula is C33H52O4SSi2. The van der Waals surface area contributed by atoms with Crippen LogP contribution in [0, 0.1) is 10.8 Å². The second-order valence-corrected chi connectivity index (χ2v) is 18.4. The van der Waals surface area contributed by atoms with Crippen LogP contribution in [-0.2, 0) is 26.5 Å². The summed E-state index contributed by atoms with van der Waals surface area (Å²) in [6.45, 7) is 24.7. The van der Waals surface area contributed by atoms with Gasteiger partial charge in [0.15, 0.2) is 0 Å². The molecule has 4 nitrogen and oxygen atoms in total. The highest BCUT2D eigenvalue weighted by molar-refractivity contribution is 7.11. The van der Waals surface area contributed by atoms with E-state index in [4.69, 9.17) is 14.0 Å². The molecule has 1 aromatic carbocycles. The second-order valence-electron chi connectivity index (χ2n) is 13.3. The minimum atomic E-state index is -0.920. The van der Waals surface area contributed by atoms with Crippen LogP contribution in [-0.4, -0.2) is 29.2 Å². The van der Waals surface area contributed by atoms with Gasteiger partial charge in [0, 0.05) is 11.3 Å². The first kappa shape index (κ1) is 34.7. The minimum absolute atomic E-state index is 0.0000227. The van der Waals surface area contributed by atoms with Crippen molar-refractivity contribution in [3.63, 3.8) is 0 Å². The predicted molar refractivity (Wildman–Crippen MR) is 175 cm³/mol. The van der Waals surface area contributed by atoms with Crippen molar-refractivity contribution < 1.29 is 18.8 Å². The number of carboxylic acids is 1. The Morgan fingerprint density at radius 3 is 1.95 bits per heavy atom. The van der Waals surface area contributed by atoms with Crippen molar-refractivity contribution in [2.24, 2.45) is 10.8 Å². The van der Waals surface area contributed by atoms with Crippen LogP contribution in [0.5, 0.6) is 0 Å². The van der Waals surface area contributed by atoms with Crippen molar-refractivity contribution in [1.29, 1.82) is 0 Å². The number of carboxylic acid groups (broad SMARTS) is 1. The van der Waals surface area contributed by atoms with Crippen LogP contribution < -0.4 is 0 Å². The molecule has 2 radical (unpaired) electrons. The van der Waals surface area contributed by atoms with Crippen molar-refractivity contribution in [1.82, 2.24) is 0 Å². The Morgan fingerprint density at radius 1 is 0.900 bits per heavy atom. The number of aryl methyl sites for hydroxylation is 2. The quantitative estimate of drug-likeness (QED) is 0.219. The molecule has 0 amide bonds. The Morgan fingerprint density at radius 2 is 1.45 bits per heavy atom. The number of hydrogen-bond acceptors (Lipinski definition) is 4. The minimum Gasteiger partial charge on any atom is -0.481 e. The standard InChI is InChI=1S/C33H52O4SSi2/c1-12-25(14-13-15-29(34)35)28-21-24(22-38-28)17-16-23-18-19-26(30(32(2,3)4)36-39(8)9)27(20-23)31(33(5,6)7)37-40(10)11/h14,18-22,30-31H,12-13,15-17H2,1-11H3,(H,34,35). The number of rotatable bonds is 14. The fourth-order valence-electron chi connectivity index (χ4n) is 4.88. The lowest BCUT2D eigenvalue weighted by Gasteiger charge is -2.39. The van der Waals surface area contributed by atoms with Gasteiger partial charge in [-0.1, -0.05) is 72.7 Å². The van der Waals surface area contributed by atoms with Crippen molar-refractivity contribution in [2.75, 3.05) is 0 Å². The van der Waals surface area contributed by atoms with Gasteiger partial charge in [0.05, 0.1) is 12.2 Å². The molecule has 0 saturated heterocycles. The van der Waals surface area contributed by atoms with E-state index in [0.717, 1.165) is 19.3 Å². The number of allylic oxidation sites excluding steroid dienone is 2. The highest BCUT2D eigenvalue weighted by Gasteiger charge is 2.36. The van der Waals surface area contributed by atoms with Crippen LogP contribution in [0.2, 0.25) is 26.2 Å². The SMILES string of the molecule is CCC(=CCCC(=O)O)c1cc(CCc2ccc(C(O[Si](C)C)C(C)(C)C)c(C(O[Si](C)C)C(C)(C)C)c2)cs1. The lowest BCUT2D eigenvalue weighted by atomic mass is 9.77. The molecule has 1 aromatic heterocycles. The van der Waals surface area contributed by atoms with E-state index >= 15 is 0 Å². The average Bonchev–Trinajstić information content (AvgIpc) is 3.29. The molecule has 40 heavy (non-hydrogen) atoms. The Labute approximate surface area is 251 Å². The molecule has 1 N–H and O–H groups in total. The Kier molecular flexibility index (Phi) is 13.1. The van der Waals surface area contributed by atoms with Gasteiger partial charge in [0.25, 0.3) is 0 Å². The highest BCUT2D eigenvalue weighted by atomic mass is 32.1. The summed E-state index contributed by atoms with van der Waals surface area (Å²) >= 11 is 1.76. The van der Waals surface area contributed by atoms with E-state index in [-0.39, 0.29) is 29.5 Å². The van der Waals surface area contributed by atoms with Gasteiger partial charge in [-0.25, -0.2) is 0 Å². The lowest BCUT2D eigenvalue weighted by molar-refractivity contribution is -0.136. The number of benzene rings is 1. The van der Waals surface area contributed by atoms with Gasteiger partial charge < -0.3 is 14.0 Å². The third-order valence-electron chi connectivity index (χ3n) is 6.80. The van der Waals surface area contributed by atoms with Crippen LogP contribution in [0.4, 0.5) is 0 Å². The first-order valence-electron chi connectivity index (χ1n) is 14.6. The van der Waals surface area contributed by atoms with Gasteiger partial charge in [-0.2, -0.15) is 0 Å². The van der Waals surface area contributed by atoms with Gasteiger partial charge in [-0.15, -0.1) is 11.3 Å². The summed E-state index contributed by atoms with van der Waals surface area (Å²) < 4.78 is 13.4. The van der Waals surface area contributed by atoms with E-state index < -0.39 is 24.0 Å². The fraction of sp³-hybridized carbons (Fsp3) is 0.606. The maximum atomic E-state index is 10.9. The monoisotopic (exact) mass is 600 g/mol. The molecular weight excluding hydrogens is 549 g/mol. The van der Waals surface area contributed by atoms with E-state index in [0.29, 0.717) is 6.42 Å².